The molecule has 1 aliphatic rings. The van der Waals surface area contributed by atoms with Crippen LogP contribution in [0.2, 0.25) is 0 Å². The van der Waals surface area contributed by atoms with Crippen LogP contribution in [0.4, 0.5) is 0 Å². The molecule has 1 N–H and O–H groups in total. The van der Waals surface area contributed by atoms with E-state index in [2.05, 4.69) is 55.5 Å². The fourth-order valence-electron chi connectivity index (χ4n) is 5.81. The second-order valence-corrected chi connectivity index (χ2v) is 9.07. The number of aliphatic hydroxyl groups is 1. The molecule has 0 radical (unpaired) electrons. The van der Waals surface area contributed by atoms with Crippen molar-refractivity contribution in [2.45, 2.75) is 12.5 Å². The zero-order chi connectivity index (χ0) is 22.9. The zero-order valence-electron chi connectivity index (χ0n) is 18.7. The summed E-state index contributed by atoms with van der Waals surface area (Å²) in [5.74, 6) is 0. The second kappa shape index (κ2) is 6.93. The van der Waals surface area contributed by atoms with Gasteiger partial charge in [-0.1, -0.05) is 97.1 Å². The van der Waals surface area contributed by atoms with E-state index >= 15 is 0 Å². The highest BCUT2D eigenvalue weighted by atomic mass is 16.3. The van der Waals surface area contributed by atoms with Crippen LogP contribution in [-0.2, 0) is 5.60 Å². The summed E-state index contributed by atoms with van der Waals surface area (Å²) in [4.78, 5) is 0. The summed E-state index contributed by atoms with van der Waals surface area (Å²) >= 11 is 0. The molecule has 0 bridgehead atoms. The Morgan fingerprint density at radius 1 is 0.618 bits per heavy atom. The van der Waals surface area contributed by atoms with E-state index in [1.54, 1.807) is 0 Å². The lowest BCUT2D eigenvalue weighted by Crippen LogP contribution is -2.28. The van der Waals surface area contributed by atoms with Gasteiger partial charge >= 0.3 is 0 Å². The molecule has 34 heavy (non-hydrogen) atoms. The Morgan fingerprint density at radius 3 is 2.03 bits per heavy atom. The van der Waals surface area contributed by atoms with E-state index in [-0.39, 0.29) is 0 Å². The molecule has 1 aromatic heterocycles. The van der Waals surface area contributed by atoms with Gasteiger partial charge in [0.25, 0.3) is 0 Å². The van der Waals surface area contributed by atoms with Gasteiger partial charge in [0.2, 0.25) is 0 Å². The van der Waals surface area contributed by atoms with E-state index in [1.807, 2.05) is 60.7 Å². The fraction of sp³-hybridized carbons (Fsp3) is 0.0625. The van der Waals surface area contributed by atoms with Crippen LogP contribution in [0, 0.1) is 6.92 Å². The molecule has 1 atom stereocenters. The van der Waals surface area contributed by atoms with E-state index in [0.29, 0.717) is 0 Å². The Labute approximate surface area is 197 Å². The molecule has 0 amide bonds. The van der Waals surface area contributed by atoms with Crippen LogP contribution in [0.3, 0.4) is 0 Å². The minimum Gasteiger partial charge on any atom is -0.456 e. The van der Waals surface area contributed by atoms with Crippen molar-refractivity contribution in [3.05, 3.63) is 131 Å². The van der Waals surface area contributed by atoms with Gasteiger partial charge in [0, 0.05) is 27.5 Å². The summed E-state index contributed by atoms with van der Waals surface area (Å²) in [7, 11) is 0. The van der Waals surface area contributed by atoms with Gasteiger partial charge in [-0.2, -0.15) is 0 Å². The SMILES string of the molecule is Cc1c2c(cc3c1oc1ccccc13)-c1ccccc1C2(O)c1ccccc1-c1ccccc1. The Morgan fingerprint density at radius 2 is 1.24 bits per heavy atom. The Kier molecular flexibility index (Phi) is 3.94. The van der Waals surface area contributed by atoms with Crippen molar-refractivity contribution < 1.29 is 9.52 Å². The molecule has 0 spiro atoms. The molecule has 2 nitrogen and oxygen atoms in total. The molecule has 0 fully saturated rings. The molecular weight excluding hydrogens is 416 g/mol. The minimum absolute atomic E-state index is 0.836. The van der Waals surface area contributed by atoms with Gasteiger partial charge in [-0.05, 0) is 46.9 Å². The number of rotatable bonds is 2. The molecule has 1 heterocycles. The molecule has 162 valence electrons. The Bertz CT molecular complexity index is 1730. The van der Waals surface area contributed by atoms with Gasteiger partial charge in [-0.3, -0.25) is 0 Å². The van der Waals surface area contributed by atoms with E-state index in [1.165, 1.54) is 0 Å². The summed E-state index contributed by atoms with van der Waals surface area (Å²) in [5.41, 5.74) is 8.32. The normalized spacial score (nSPS) is 16.6. The average molecular weight is 439 g/mol. The van der Waals surface area contributed by atoms with Gasteiger partial charge < -0.3 is 9.52 Å². The minimum atomic E-state index is -1.30. The summed E-state index contributed by atoms with van der Waals surface area (Å²) in [6.45, 7) is 2.07. The molecule has 7 rings (SSSR count). The lowest BCUT2D eigenvalue weighted by Gasteiger charge is -2.30. The van der Waals surface area contributed by atoms with Crippen LogP contribution < -0.4 is 0 Å². The third-order valence-corrected chi connectivity index (χ3v) is 7.28. The maximum absolute atomic E-state index is 12.8. The number of furan rings is 1. The van der Waals surface area contributed by atoms with E-state index in [4.69, 9.17) is 4.42 Å². The topological polar surface area (TPSA) is 33.4 Å². The molecule has 2 heteroatoms. The maximum atomic E-state index is 12.8. The molecule has 1 aliphatic carbocycles. The standard InChI is InChI=1S/C32H22O2/c1-20-30-25(19-26-24-15-7-10-18-29(24)34-31(20)26)23-14-6-9-17-28(23)32(30,33)27-16-8-5-13-22(27)21-11-3-2-4-12-21/h2-19,33H,1H3. The molecular formula is C32H22O2. The van der Waals surface area contributed by atoms with Crippen molar-refractivity contribution in [2.24, 2.45) is 0 Å². The van der Waals surface area contributed by atoms with Gasteiger partial charge in [-0.15, -0.1) is 0 Å². The largest absolute Gasteiger partial charge is 0.456 e. The number of fused-ring (bicyclic) bond motifs is 6. The van der Waals surface area contributed by atoms with Crippen molar-refractivity contribution in [1.82, 2.24) is 0 Å². The first-order chi connectivity index (χ1) is 16.7. The predicted molar refractivity (Wildman–Crippen MR) is 138 cm³/mol. The number of benzene rings is 5. The summed E-state index contributed by atoms with van der Waals surface area (Å²) in [6.07, 6.45) is 0. The van der Waals surface area contributed by atoms with Crippen LogP contribution >= 0.6 is 0 Å². The number of hydrogen-bond donors (Lipinski definition) is 1. The second-order valence-electron chi connectivity index (χ2n) is 9.07. The quantitative estimate of drug-likeness (QED) is 0.299. The van der Waals surface area contributed by atoms with Crippen LogP contribution in [0.5, 0.6) is 0 Å². The van der Waals surface area contributed by atoms with E-state index in [9.17, 15) is 5.11 Å². The summed E-state index contributed by atoms with van der Waals surface area (Å²) in [5, 5.41) is 15.0. The van der Waals surface area contributed by atoms with E-state index < -0.39 is 5.60 Å². The highest BCUT2D eigenvalue weighted by molar-refractivity contribution is 6.09. The summed E-state index contributed by atoms with van der Waals surface area (Å²) < 4.78 is 6.34. The van der Waals surface area contributed by atoms with Gasteiger partial charge in [0.1, 0.15) is 16.8 Å². The van der Waals surface area contributed by atoms with Crippen LogP contribution in [0.1, 0.15) is 22.3 Å². The smallest absolute Gasteiger partial charge is 0.142 e. The Balaban J connectivity index is 1.62. The summed E-state index contributed by atoms with van der Waals surface area (Å²) in [6, 6.07) is 37.0. The molecule has 0 saturated carbocycles. The monoisotopic (exact) mass is 438 g/mol. The number of aryl methyl sites for hydroxylation is 1. The highest BCUT2D eigenvalue weighted by Crippen LogP contribution is 2.55. The van der Waals surface area contributed by atoms with Crippen molar-refractivity contribution in [2.75, 3.05) is 0 Å². The lowest BCUT2D eigenvalue weighted by molar-refractivity contribution is 0.130. The Hall–Kier alpha value is -4.14. The van der Waals surface area contributed by atoms with Crippen molar-refractivity contribution in [1.29, 1.82) is 0 Å². The van der Waals surface area contributed by atoms with Crippen LogP contribution in [0.15, 0.2) is 114 Å². The molecule has 1 unspecified atom stereocenters. The average Bonchev–Trinajstić information content (AvgIpc) is 3.40. The maximum Gasteiger partial charge on any atom is 0.142 e. The van der Waals surface area contributed by atoms with Crippen molar-refractivity contribution in [3.63, 3.8) is 0 Å². The van der Waals surface area contributed by atoms with Crippen molar-refractivity contribution >= 4 is 21.9 Å². The van der Waals surface area contributed by atoms with Gasteiger partial charge in [0.15, 0.2) is 0 Å². The predicted octanol–water partition coefficient (Wildman–Crippen LogP) is 7.83. The first-order valence-electron chi connectivity index (χ1n) is 11.6. The number of hydrogen-bond acceptors (Lipinski definition) is 2. The third kappa shape index (κ3) is 2.43. The van der Waals surface area contributed by atoms with Crippen molar-refractivity contribution in [3.8, 4) is 22.3 Å². The first kappa shape index (κ1) is 19.3. The van der Waals surface area contributed by atoms with Crippen LogP contribution in [0.25, 0.3) is 44.2 Å². The molecule has 0 saturated heterocycles. The number of para-hydroxylation sites is 1. The zero-order valence-corrected chi connectivity index (χ0v) is 18.7. The first-order valence-corrected chi connectivity index (χ1v) is 11.6. The molecule has 6 aromatic rings. The van der Waals surface area contributed by atoms with E-state index in [0.717, 1.165) is 66.4 Å². The van der Waals surface area contributed by atoms with Crippen LogP contribution in [-0.4, -0.2) is 5.11 Å². The van der Waals surface area contributed by atoms with Gasteiger partial charge in [0.05, 0.1) is 0 Å². The molecule has 5 aromatic carbocycles. The fourth-order valence-corrected chi connectivity index (χ4v) is 5.81. The highest BCUT2D eigenvalue weighted by Gasteiger charge is 2.46. The lowest BCUT2D eigenvalue weighted by atomic mass is 9.78. The molecule has 0 aliphatic heterocycles. The van der Waals surface area contributed by atoms with Gasteiger partial charge in [-0.25, -0.2) is 0 Å². The third-order valence-electron chi connectivity index (χ3n) is 7.28.